The summed E-state index contributed by atoms with van der Waals surface area (Å²) in [5, 5.41) is 15.0. The average molecular weight is 533 g/mol. The van der Waals surface area contributed by atoms with Gasteiger partial charge in [-0.15, -0.1) is 0 Å². The summed E-state index contributed by atoms with van der Waals surface area (Å²) in [5.41, 5.74) is 0.107. The van der Waals surface area contributed by atoms with E-state index in [-0.39, 0.29) is 17.5 Å². The van der Waals surface area contributed by atoms with Crippen LogP contribution in [0.25, 0.3) is 0 Å². The van der Waals surface area contributed by atoms with Crippen molar-refractivity contribution in [3.63, 3.8) is 0 Å². The van der Waals surface area contributed by atoms with Gasteiger partial charge in [0, 0.05) is 0 Å². The van der Waals surface area contributed by atoms with Crippen LogP contribution >= 0.6 is 0 Å². The molecule has 6 heteroatoms. The number of rotatable bonds is 3. The summed E-state index contributed by atoms with van der Waals surface area (Å²) in [5.74, 6) is -0.188. The Labute approximate surface area is 105 Å². The van der Waals surface area contributed by atoms with Crippen LogP contribution in [0.15, 0.2) is 0 Å². The molecule has 0 atom stereocenters. The molecule has 0 heterocycles. The van der Waals surface area contributed by atoms with Crippen molar-refractivity contribution in [3.8, 4) is 0 Å². The number of nitrogens with zero attached hydrogens (tertiary/aromatic N) is 1. The summed E-state index contributed by atoms with van der Waals surface area (Å²) in [6.07, 6.45) is 0. The normalized spacial score (nSPS) is 9.07. The molecular formula is C8H11N3OW2. The molecule has 0 spiro atoms. The van der Waals surface area contributed by atoms with Gasteiger partial charge in [-0.25, -0.2) is 0 Å². The van der Waals surface area contributed by atoms with E-state index in [0.29, 0.717) is 3.90 Å². The van der Waals surface area contributed by atoms with Crippen LogP contribution in [-0.4, -0.2) is 30.3 Å². The second kappa shape index (κ2) is 5.72. The van der Waals surface area contributed by atoms with E-state index >= 15 is 0 Å². The van der Waals surface area contributed by atoms with E-state index < -0.39 is 0 Å². The molecule has 0 saturated heterocycles. The quantitative estimate of drug-likeness (QED) is 0.398. The van der Waals surface area contributed by atoms with E-state index in [1.165, 1.54) is 11.8 Å². The van der Waals surface area contributed by atoms with Crippen molar-refractivity contribution in [2.45, 2.75) is 20.8 Å². The van der Waals surface area contributed by atoms with Gasteiger partial charge in [0.05, 0.1) is 0 Å². The van der Waals surface area contributed by atoms with Crippen molar-refractivity contribution in [1.82, 2.24) is 4.90 Å². The molecule has 0 rings (SSSR count). The van der Waals surface area contributed by atoms with Gasteiger partial charge < -0.3 is 0 Å². The third kappa shape index (κ3) is 3.59. The maximum absolute atomic E-state index is 11.7. The van der Waals surface area contributed by atoms with Gasteiger partial charge >= 0.3 is 105 Å². The van der Waals surface area contributed by atoms with Gasteiger partial charge in [0.15, 0.2) is 0 Å². The summed E-state index contributed by atoms with van der Waals surface area (Å²) < 4.78 is 1.50. The van der Waals surface area contributed by atoms with Crippen LogP contribution in [0.5, 0.6) is 0 Å². The number of nitrogens with one attached hydrogen (secondary N) is 2. The zero-order chi connectivity index (χ0) is 11.5. The Morgan fingerprint density at radius 2 is 1.57 bits per heavy atom. The Morgan fingerprint density at radius 1 is 1.14 bits per heavy atom. The predicted molar refractivity (Wildman–Crippen MR) is 49.3 cm³/mol. The van der Waals surface area contributed by atoms with E-state index in [2.05, 4.69) is 0 Å². The van der Waals surface area contributed by atoms with Gasteiger partial charge in [-0.05, 0) is 0 Å². The molecule has 76 valence electrons. The predicted octanol–water partition coefficient (Wildman–Crippen LogP) is 0.268. The van der Waals surface area contributed by atoms with Crippen molar-refractivity contribution in [2.24, 2.45) is 0 Å². The standard InChI is InChI=1S/C8H11N3O.2W/c1-4-7(12)11(5-2)8(10)6(3)9;;/h9-10H,1-3H3;;. The molecular weight excluding hydrogens is 522 g/mol. The Kier molecular flexibility index (Phi) is 5.69. The van der Waals surface area contributed by atoms with Crippen LogP contribution in [0.2, 0.25) is 0 Å². The summed E-state index contributed by atoms with van der Waals surface area (Å²) in [6.45, 7) is 5.05. The maximum atomic E-state index is 11.7. The molecule has 0 fully saturated rings. The molecule has 14 heavy (non-hydrogen) atoms. The molecule has 0 aromatic heterocycles. The third-order valence-electron chi connectivity index (χ3n) is 1.40. The monoisotopic (exact) mass is 533 g/mol. The fourth-order valence-electron chi connectivity index (χ4n) is 0.727. The van der Waals surface area contributed by atoms with Crippen LogP contribution in [-0.2, 0) is 43.5 Å². The number of hydrogen-bond acceptors (Lipinski definition) is 3. The van der Waals surface area contributed by atoms with Crippen LogP contribution in [0, 0.1) is 10.8 Å². The molecule has 0 radical (unpaired) electrons. The Bertz CT molecular complexity index is 309. The van der Waals surface area contributed by atoms with Crippen LogP contribution in [0.1, 0.15) is 20.8 Å². The van der Waals surface area contributed by atoms with Gasteiger partial charge in [0.1, 0.15) is 0 Å². The average Bonchev–Trinajstić information content (AvgIpc) is 2.03. The molecule has 4 nitrogen and oxygen atoms in total. The summed E-state index contributed by atoms with van der Waals surface area (Å²) in [4.78, 5) is 13.0. The van der Waals surface area contributed by atoms with Crippen LogP contribution in [0.4, 0.5) is 0 Å². The fourth-order valence-corrected chi connectivity index (χ4v) is 1.68. The van der Waals surface area contributed by atoms with E-state index in [0.717, 1.165) is 42.7 Å². The molecule has 1 amide bonds. The third-order valence-corrected chi connectivity index (χ3v) is 2.68. The first kappa shape index (κ1) is 13.9. The number of carbonyl (C=O) groups is 1. The summed E-state index contributed by atoms with van der Waals surface area (Å²) in [6, 6.07) is 0. The second-order valence-electron chi connectivity index (χ2n) is 2.69. The molecule has 0 unspecified atom stereocenters. The summed E-state index contributed by atoms with van der Waals surface area (Å²) >= 11 is 2.23. The number of amides is 1. The molecule has 0 aromatic rings. The SMILES string of the molecule is CC(=N)C(=N)N(C(=O)[C](C)=[W])[C](C)=[W]. The van der Waals surface area contributed by atoms with Crippen molar-refractivity contribution < 1.29 is 43.5 Å². The Morgan fingerprint density at radius 3 is 1.79 bits per heavy atom. The number of amidine groups is 1. The fraction of sp³-hybridized carbons (Fsp3) is 0.375. The first-order valence-electron chi connectivity index (χ1n) is 3.78. The first-order chi connectivity index (χ1) is 6.29. The van der Waals surface area contributed by atoms with E-state index in [1.54, 1.807) is 13.8 Å². The van der Waals surface area contributed by atoms with Crippen molar-refractivity contribution in [2.75, 3.05) is 0 Å². The zero-order valence-electron chi connectivity index (χ0n) is 8.17. The van der Waals surface area contributed by atoms with Crippen LogP contribution < -0.4 is 0 Å². The molecule has 0 aliphatic heterocycles. The molecule has 0 aromatic carbocycles. The molecule has 0 bridgehead atoms. The Hall–Kier alpha value is -0.0734. The molecule has 2 N–H and O–H groups in total. The summed E-state index contributed by atoms with van der Waals surface area (Å²) in [7, 11) is 0. The van der Waals surface area contributed by atoms with Gasteiger partial charge in [-0.2, -0.15) is 0 Å². The molecule has 0 aliphatic rings. The minimum atomic E-state index is -0.163. The topological polar surface area (TPSA) is 68.0 Å². The van der Waals surface area contributed by atoms with Crippen molar-refractivity contribution in [3.05, 3.63) is 0 Å². The van der Waals surface area contributed by atoms with E-state index in [4.69, 9.17) is 10.8 Å². The van der Waals surface area contributed by atoms with E-state index in [1.807, 2.05) is 0 Å². The van der Waals surface area contributed by atoms with Crippen molar-refractivity contribution >= 4 is 25.4 Å². The van der Waals surface area contributed by atoms with Gasteiger partial charge in [-0.1, -0.05) is 0 Å². The molecule has 0 saturated carbocycles. The minimum absolute atomic E-state index is 0.0249. The Balaban J connectivity index is 5.07. The van der Waals surface area contributed by atoms with Gasteiger partial charge in [0.2, 0.25) is 0 Å². The van der Waals surface area contributed by atoms with Gasteiger partial charge in [-0.3, -0.25) is 0 Å². The van der Waals surface area contributed by atoms with Crippen LogP contribution in [0.3, 0.4) is 0 Å². The first-order valence-corrected chi connectivity index (χ1v) is 6.72. The number of carbonyl (C=O) groups excluding carboxylic acids is 1. The van der Waals surface area contributed by atoms with Gasteiger partial charge in [0.25, 0.3) is 0 Å². The number of hydrogen-bond donors (Lipinski definition) is 2. The molecule has 0 aliphatic carbocycles. The van der Waals surface area contributed by atoms with Crippen molar-refractivity contribution in [1.29, 1.82) is 10.8 Å². The van der Waals surface area contributed by atoms with E-state index in [9.17, 15) is 4.79 Å². The second-order valence-corrected chi connectivity index (χ2v) is 7.01. The zero-order valence-corrected chi connectivity index (χ0v) is 14.0.